The molecule has 1 aromatic carbocycles. The molecule has 27 heavy (non-hydrogen) atoms. The van der Waals surface area contributed by atoms with Crippen molar-refractivity contribution in [3.05, 3.63) is 45.8 Å². The molecular weight excluding hydrogens is 342 g/mol. The molecule has 2 aliphatic rings. The van der Waals surface area contributed by atoms with E-state index in [0.29, 0.717) is 17.1 Å². The highest BCUT2D eigenvalue weighted by molar-refractivity contribution is 5.98. The Bertz CT molecular complexity index is 1000. The van der Waals surface area contributed by atoms with E-state index in [1.165, 1.54) is 0 Å². The van der Waals surface area contributed by atoms with Crippen molar-refractivity contribution in [2.45, 2.75) is 39.2 Å². The number of fused-ring (bicyclic) bond motifs is 1. The van der Waals surface area contributed by atoms with Crippen molar-refractivity contribution in [3.8, 4) is 0 Å². The van der Waals surface area contributed by atoms with Gasteiger partial charge in [0.1, 0.15) is 5.56 Å². The molecule has 2 aromatic rings. The Morgan fingerprint density at radius 1 is 1.33 bits per heavy atom. The first-order valence-electron chi connectivity index (χ1n) is 9.58. The van der Waals surface area contributed by atoms with Gasteiger partial charge in [0.05, 0.1) is 23.5 Å². The van der Waals surface area contributed by atoms with Crippen LogP contribution >= 0.6 is 0 Å². The standard InChI is InChI=1S/C21H25N3O3/c1-3-27-21(26)16-12-24(14-7-8-14)18-13(2)19(23-9-5-4-6-10-23)17(22)11-15(18)20(16)25/h4-5,11-12,14H,3,6-10,22H2,1-2H3. The van der Waals surface area contributed by atoms with Crippen molar-refractivity contribution in [2.75, 3.05) is 30.3 Å². The smallest absolute Gasteiger partial charge is 0.343 e. The number of nitrogens with zero attached hydrogens (tertiary/aromatic N) is 2. The highest BCUT2D eigenvalue weighted by atomic mass is 16.5. The van der Waals surface area contributed by atoms with Gasteiger partial charge in [0.2, 0.25) is 5.43 Å². The maximum atomic E-state index is 13.0. The Hall–Kier alpha value is -2.76. The summed E-state index contributed by atoms with van der Waals surface area (Å²) in [5.74, 6) is -0.569. The van der Waals surface area contributed by atoms with Crippen LogP contribution in [-0.2, 0) is 4.74 Å². The number of rotatable bonds is 4. The molecule has 142 valence electrons. The van der Waals surface area contributed by atoms with Gasteiger partial charge in [-0.25, -0.2) is 4.79 Å². The monoisotopic (exact) mass is 367 g/mol. The largest absolute Gasteiger partial charge is 0.462 e. The third-order valence-corrected chi connectivity index (χ3v) is 5.36. The number of carbonyl (C=O) groups is 1. The second kappa shape index (κ2) is 6.76. The maximum Gasteiger partial charge on any atom is 0.343 e. The lowest BCUT2D eigenvalue weighted by Gasteiger charge is -2.30. The predicted molar refractivity (Wildman–Crippen MR) is 108 cm³/mol. The molecule has 1 aliphatic carbocycles. The average molecular weight is 367 g/mol. The number of nitrogens with two attached hydrogens (primary N) is 1. The molecule has 6 nitrogen and oxygen atoms in total. The fraction of sp³-hybridized carbons (Fsp3) is 0.429. The molecule has 2 heterocycles. The first-order chi connectivity index (χ1) is 13.0. The normalized spacial score (nSPS) is 16.7. The minimum absolute atomic E-state index is 0.0868. The fourth-order valence-electron chi connectivity index (χ4n) is 4.00. The summed E-state index contributed by atoms with van der Waals surface area (Å²) in [5.41, 5.74) is 9.62. The number of aryl methyl sites for hydroxylation is 1. The number of hydrogen-bond acceptors (Lipinski definition) is 5. The van der Waals surface area contributed by atoms with E-state index in [-0.39, 0.29) is 17.6 Å². The third-order valence-electron chi connectivity index (χ3n) is 5.36. The zero-order valence-electron chi connectivity index (χ0n) is 15.8. The fourth-order valence-corrected chi connectivity index (χ4v) is 4.00. The molecule has 0 spiro atoms. The van der Waals surface area contributed by atoms with E-state index in [1.54, 1.807) is 19.2 Å². The van der Waals surface area contributed by atoms with E-state index >= 15 is 0 Å². The van der Waals surface area contributed by atoms with Crippen molar-refractivity contribution in [2.24, 2.45) is 0 Å². The van der Waals surface area contributed by atoms with Crippen LogP contribution in [0.5, 0.6) is 0 Å². The van der Waals surface area contributed by atoms with Gasteiger partial charge in [0.25, 0.3) is 0 Å². The molecule has 0 unspecified atom stereocenters. The maximum absolute atomic E-state index is 13.0. The number of ether oxygens (including phenoxy) is 1. The quantitative estimate of drug-likeness (QED) is 0.510. The Balaban J connectivity index is 1.98. The van der Waals surface area contributed by atoms with E-state index in [4.69, 9.17) is 10.5 Å². The molecule has 0 bridgehead atoms. The molecular formula is C21H25N3O3. The molecule has 1 aromatic heterocycles. The molecule has 6 heteroatoms. The summed E-state index contributed by atoms with van der Waals surface area (Å²) in [6.45, 7) is 5.71. The summed E-state index contributed by atoms with van der Waals surface area (Å²) in [5, 5.41) is 0.499. The molecule has 1 saturated carbocycles. The van der Waals surface area contributed by atoms with E-state index in [0.717, 1.165) is 49.1 Å². The van der Waals surface area contributed by atoms with Crippen LogP contribution < -0.4 is 16.1 Å². The highest BCUT2D eigenvalue weighted by Gasteiger charge is 2.29. The van der Waals surface area contributed by atoms with Crippen LogP contribution in [-0.4, -0.2) is 30.2 Å². The van der Waals surface area contributed by atoms with Crippen molar-refractivity contribution >= 4 is 28.2 Å². The van der Waals surface area contributed by atoms with Gasteiger partial charge >= 0.3 is 5.97 Å². The highest BCUT2D eigenvalue weighted by Crippen LogP contribution is 2.41. The number of aromatic nitrogens is 1. The Labute approximate surface area is 158 Å². The summed E-state index contributed by atoms with van der Waals surface area (Å²) >= 11 is 0. The topological polar surface area (TPSA) is 77.6 Å². The number of carbonyl (C=O) groups excluding carboxylic acids is 1. The predicted octanol–water partition coefficient (Wildman–Crippen LogP) is 3.17. The van der Waals surface area contributed by atoms with Gasteiger partial charge in [-0.1, -0.05) is 12.2 Å². The van der Waals surface area contributed by atoms with Gasteiger partial charge < -0.3 is 19.9 Å². The summed E-state index contributed by atoms with van der Waals surface area (Å²) < 4.78 is 7.18. The van der Waals surface area contributed by atoms with E-state index in [2.05, 4.69) is 21.6 Å². The molecule has 2 N–H and O–H groups in total. The lowest BCUT2D eigenvalue weighted by atomic mass is 10.0. The van der Waals surface area contributed by atoms with Crippen LogP contribution in [0.15, 0.2) is 29.2 Å². The second-order valence-corrected chi connectivity index (χ2v) is 7.27. The summed E-state index contributed by atoms with van der Waals surface area (Å²) in [7, 11) is 0. The van der Waals surface area contributed by atoms with Crippen LogP contribution in [0.4, 0.5) is 11.4 Å². The van der Waals surface area contributed by atoms with Crippen molar-refractivity contribution in [1.29, 1.82) is 0 Å². The van der Waals surface area contributed by atoms with Gasteiger partial charge in [-0.15, -0.1) is 0 Å². The molecule has 0 amide bonds. The molecule has 1 aliphatic heterocycles. The molecule has 1 fully saturated rings. The minimum atomic E-state index is -0.569. The summed E-state index contributed by atoms with van der Waals surface area (Å²) in [6.07, 6.45) is 9.08. The van der Waals surface area contributed by atoms with Crippen LogP contribution in [0.25, 0.3) is 10.9 Å². The molecule has 0 atom stereocenters. The first-order valence-corrected chi connectivity index (χ1v) is 9.58. The SMILES string of the molecule is CCOC(=O)c1cn(C2CC2)c2c(C)c(N3CC=CCC3)c(N)cc2c1=O. The zero-order valence-corrected chi connectivity index (χ0v) is 15.8. The Morgan fingerprint density at radius 3 is 2.74 bits per heavy atom. The molecule has 0 radical (unpaired) electrons. The van der Waals surface area contributed by atoms with Crippen molar-refractivity contribution in [3.63, 3.8) is 0 Å². The van der Waals surface area contributed by atoms with Gasteiger partial charge in [-0.05, 0) is 44.7 Å². The lowest BCUT2D eigenvalue weighted by Crippen LogP contribution is -2.29. The van der Waals surface area contributed by atoms with Crippen LogP contribution in [0.1, 0.15) is 48.1 Å². The van der Waals surface area contributed by atoms with Crippen LogP contribution in [0.2, 0.25) is 0 Å². The van der Waals surface area contributed by atoms with Crippen molar-refractivity contribution in [1.82, 2.24) is 4.57 Å². The molecule has 0 saturated heterocycles. The zero-order chi connectivity index (χ0) is 19.1. The summed E-state index contributed by atoms with van der Waals surface area (Å²) in [4.78, 5) is 27.6. The Morgan fingerprint density at radius 2 is 2.11 bits per heavy atom. The number of hydrogen-bond donors (Lipinski definition) is 1. The first kappa shape index (κ1) is 17.6. The number of nitrogen functional groups attached to an aromatic ring is 1. The third kappa shape index (κ3) is 2.99. The number of pyridine rings is 1. The number of anilines is 2. The van der Waals surface area contributed by atoms with Gasteiger partial charge in [0.15, 0.2) is 0 Å². The molecule has 4 rings (SSSR count). The second-order valence-electron chi connectivity index (χ2n) is 7.27. The number of esters is 1. The van der Waals surface area contributed by atoms with E-state index < -0.39 is 5.97 Å². The van der Waals surface area contributed by atoms with E-state index in [9.17, 15) is 9.59 Å². The summed E-state index contributed by atoms with van der Waals surface area (Å²) in [6, 6.07) is 2.05. The van der Waals surface area contributed by atoms with Gasteiger partial charge in [0, 0.05) is 30.7 Å². The van der Waals surface area contributed by atoms with Gasteiger partial charge in [-0.2, -0.15) is 0 Å². The average Bonchev–Trinajstić information content (AvgIpc) is 3.49. The number of benzene rings is 1. The Kier molecular flexibility index (Phi) is 4.42. The van der Waals surface area contributed by atoms with Crippen molar-refractivity contribution < 1.29 is 9.53 Å². The van der Waals surface area contributed by atoms with Crippen LogP contribution in [0.3, 0.4) is 0 Å². The van der Waals surface area contributed by atoms with Gasteiger partial charge in [-0.3, -0.25) is 4.79 Å². The van der Waals surface area contributed by atoms with Crippen LogP contribution in [0, 0.1) is 6.92 Å². The lowest BCUT2D eigenvalue weighted by molar-refractivity contribution is 0.0524. The minimum Gasteiger partial charge on any atom is -0.462 e. The van der Waals surface area contributed by atoms with E-state index in [1.807, 2.05) is 6.92 Å².